The number of phenols is 1. The van der Waals surface area contributed by atoms with Crippen molar-refractivity contribution in [1.29, 1.82) is 0 Å². The lowest BCUT2D eigenvalue weighted by Crippen LogP contribution is -2.45. The van der Waals surface area contributed by atoms with Crippen molar-refractivity contribution in [3.8, 4) is 16.2 Å². The van der Waals surface area contributed by atoms with Crippen LogP contribution in [0.1, 0.15) is 16.8 Å². The summed E-state index contributed by atoms with van der Waals surface area (Å²) in [5.41, 5.74) is 5.38. The number of thiophene rings is 1. The molecule has 0 saturated carbocycles. The Morgan fingerprint density at radius 1 is 1.09 bits per heavy atom. The molecular formula is C25H29N7OS. The number of nitrogens with one attached hydrogen (secondary N) is 1. The normalized spacial score (nSPS) is 16.5. The summed E-state index contributed by atoms with van der Waals surface area (Å²) in [6, 6.07) is 5.61. The van der Waals surface area contributed by atoms with Gasteiger partial charge >= 0.3 is 0 Å². The Morgan fingerprint density at radius 3 is 2.76 bits per heavy atom. The molecule has 1 saturated heterocycles. The number of nitrogens with zero attached hydrogens (tertiary/aromatic N) is 6. The SMILES string of the molecule is Cc1ccc(Nc2ncnc3sc4c(c23)CCc2nn(CCN3CCN(C)CC3)cc2-4)cc1O. The molecule has 0 radical (unpaired) electrons. The van der Waals surface area contributed by atoms with Gasteiger partial charge < -0.3 is 15.3 Å². The highest BCUT2D eigenvalue weighted by atomic mass is 32.1. The standard InChI is InChI=1S/C25H29N7OS/c1-16-3-4-17(13-21(16)33)28-24-22-18-5-6-20-19(23(18)34-25(22)27-15-26-24)14-32(29-20)12-11-31-9-7-30(2)8-10-31/h3-4,13-15,33H,5-12H2,1-2H3,(H,26,27,28). The molecule has 34 heavy (non-hydrogen) atoms. The molecule has 0 spiro atoms. The Morgan fingerprint density at radius 2 is 1.94 bits per heavy atom. The molecule has 4 aromatic rings. The summed E-state index contributed by atoms with van der Waals surface area (Å²) in [6.07, 6.45) is 5.69. The van der Waals surface area contributed by atoms with E-state index in [9.17, 15) is 5.11 Å². The number of hydrogen-bond acceptors (Lipinski definition) is 8. The lowest BCUT2D eigenvalue weighted by molar-refractivity contribution is 0.148. The van der Waals surface area contributed by atoms with E-state index in [0.717, 1.165) is 79.4 Å². The average Bonchev–Trinajstić information content (AvgIpc) is 3.42. The number of anilines is 2. The van der Waals surface area contributed by atoms with Crippen LogP contribution >= 0.6 is 11.3 Å². The summed E-state index contributed by atoms with van der Waals surface area (Å²) < 4.78 is 2.13. The number of aryl methyl sites for hydroxylation is 3. The molecule has 2 aliphatic rings. The monoisotopic (exact) mass is 475 g/mol. The summed E-state index contributed by atoms with van der Waals surface area (Å²) >= 11 is 1.72. The second kappa shape index (κ2) is 8.65. The van der Waals surface area contributed by atoms with Gasteiger partial charge in [0, 0.05) is 61.1 Å². The Kier molecular flexibility index (Phi) is 5.47. The number of piperazine rings is 1. The Balaban J connectivity index is 1.28. The average molecular weight is 476 g/mol. The second-order valence-corrected chi connectivity index (χ2v) is 10.3. The number of rotatable bonds is 5. The molecule has 6 rings (SSSR count). The third-order valence-corrected chi connectivity index (χ3v) is 8.17. The van der Waals surface area contributed by atoms with Crippen LogP contribution in [0.4, 0.5) is 11.5 Å². The van der Waals surface area contributed by atoms with E-state index in [1.807, 2.05) is 19.1 Å². The zero-order valence-electron chi connectivity index (χ0n) is 19.6. The fourth-order valence-corrected chi connectivity index (χ4v) is 6.10. The van der Waals surface area contributed by atoms with E-state index in [2.05, 4.69) is 43.0 Å². The minimum absolute atomic E-state index is 0.274. The van der Waals surface area contributed by atoms with Crippen LogP contribution in [0.15, 0.2) is 30.7 Å². The van der Waals surface area contributed by atoms with Gasteiger partial charge in [-0.1, -0.05) is 6.07 Å². The van der Waals surface area contributed by atoms with Gasteiger partial charge in [-0.05, 0) is 44.0 Å². The first-order chi connectivity index (χ1) is 16.5. The molecule has 1 aromatic carbocycles. The zero-order chi connectivity index (χ0) is 23.2. The summed E-state index contributed by atoms with van der Waals surface area (Å²) in [6.45, 7) is 8.38. The van der Waals surface area contributed by atoms with Gasteiger partial charge in [-0.2, -0.15) is 5.10 Å². The van der Waals surface area contributed by atoms with E-state index in [1.54, 1.807) is 23.7 Å². The van der Waals surface area contributed by atoms with Crippen molar-refractivity contribution in [2.24, 2.45) is 0 Å². The maximum Gasteiger partial charge on any atom is 0.142 e. The van der Waals surface area contributed by atoms with E-state index in [4.69, 9.17) is 5.10 Å². The number of fused-ring (bicyclic) bond motifs is 5. The molecule has 2 N–H and O–H groups in total. The van der Waals surface area contributed by atoms with Gasteiger partial charge in [0.05, 0.1) is 17.6 Å². The van der Waals surface area contributed by atoms with Crippen molar-refractivity contribution in [3.05, 3.63) is 47.5 Å². The van der Waals surface area contributed by atoms with Gasteiger partial charge in [0.2, 0.25) is 0 Å². The molecule has 0 amide bonds. The fourth-order valence-electron chi connectivity index (χ4n) is 4.87. The van der Waals surface area contributed by atoms with Crippen LogP contribution in [0.2, 0.25) is 0 Å². The van der Waals surface area contributed by atoms with Gasteiger partial charge in [0.15, 0.2) is 0 Å². The maximum atomic E-state index is 10.1. The molecule has 176 valence electrons. The van der Waals surface area contributed by atoms with Crippen LogP contribution < -0.4 is 5.32 Å². The predicted molar refractivity (Wildman–Crippen MR) is 136 cm³/mol. The highest BCUT2D eigenvalue weighted by Crippen LogP contribution is 2.45. The number of benzene rings is 1. The molecule has 1 aliphatic carbocycles. The van der Waals surface area contributed by atoms with Crippen LogP contribution in [0.3, 0.4) is 0 Å². The molecule has 4 heterocycles. The van der Waals surface area contributed by atoms with Crippen LogP contribution in [0, 0.1) is 6.92 Å². The van der Waals surface area contributed by atoms with Crippen molar-refractivity contribution in [2.75, 3.05) is 45.1 Å². The van der Waals surface area contributed by atoms with Crippen molar-refractivity contribution >= 4 is 33.1 Å². The first-order valence-corrected chi connectivity index (χ1v) is 12.7. The number of aromatic nitrogens is 4. The minimum atomic E-state index is 0.274. The largest absolute Gasteiger partial charge is 0.508 e. The van der Waals surface area contributed by atoms with Crippen LogP contribution in [0.5, 0.6) is 5.75 Å². The summed E-state index contributed by atoms with van der Waals surface area (Å²) in [5.74, 6) is 1.06. The zero-order valence-corrected chi connectivity index (χ0v) is 20.4. The van der Waals surface area contributed by atoms with E-state index in [0.29, 0.717) is 0 Å². The third-order valence-electron chi connectivity index (χ3n) is 6.99. The summed E-state index contributed by atoms with van der Waals surface area (Å²) in [7, 11) is 2.19. The van der Waals surface area contributed by atoms with E-state index in [-0.39, 0.29) is 5.75 Å². The Labute approximate surface area is 202 Å². The number of aromatic hydroxyl groups is 1. The number of hydrogen-bond donors (Lipinski definition) is 2. The smallest absolute Gasteiger partial charge is 0.142 e. The molecule has 1 aliphatic heterocycles. The number of phenolic OH excluding ortho intramolecular Hbond substituents is 1. The molecular weight excluding hydrogens is 446 g/mol. The van der Waals surface area contributed by atoms with Crippen molar-refractivity contribution in [1.82, 2.24) is 29.5 Å². The highest BCUT2D eigenvalue weighted by Gasteiger charge is 2.26. The molecule has 3 aromatic heterocycles. The first-order valence-electron chi connectivity index (χ1n) is 11.9. The predicted octanol–water partition coefficient (Wildman–Crippen LogP) is 3.66. The van der Waals surface area contributed by atoms with Gasteiger partial charge in [-0.25, -0.2) is 9.97 Å². The van der Waals surface area contributed by atoms with Crippen LogP contribution in [0.25, 0.3) is 20.7 Å². The van der Waals surface area contributed by atoms with Crippen molar-refractivity contribution < 1.29 is 5.11 Å². The van der Waals surface area contributed by atoms with E-state index in [1.165, 1.54) is 21.7 Å². The van der Waals surface area contributed by atoms with Gasteiger partial charge in [0.25, 0.3) is 0 Å². The molecule has 1 fully saturated rings. The van der Waals surface area contributed by atoms with Crippen LogP contribution in [-0.2, 0) is 19.4 Å². The van der Waals surface area contributed by atoms with Gasteiger partial charge in [0.1, 0.15) is 22.7 Å². The first kappa shape index (κ1) is 21.5. The Bertz CT molecular complexity index is 1350. The molecule has 0 unspecified atom stereocenters. The molecule has 0 atom stereocenters. The minimum Gasteiger partial charge on any atom is -0.508 e. The maximum absolute atomic E-state index is 10.1. The summed E-state index contributed by atoms with van der Waals surface area (Å²) in [5, 5.41) is 19.5. The lowest BCUT2D eigenvalue weighted by atomic mass is 9.95. The third kappa shape index (κ3) is 3.93. The van der Waals surface area contributed by atoms with Gasteiger partial charge in [-0.15, -0.1) is 11.3 Å². The molecule has 9 heteroatoms. The van der Waals surface area contributed by atoms with E-state index < -0.39 is 0 Å². The Hall–Kier alpha value is -3.01. The topological polar surface area (TPSA) is 82.3 Å². The van der Waals surface area contributed by atoms with Gasteiger partial charge in [-0.3, -0.25) is 9.58 Å². The van der Waals surface area contributed by atoms with Crippen LogP contribution in [-0.4, -0.2) is 74.4 Å². The lowest BCUT2D eigenvalue weighted by Gasteiger charge is -2.32. The number of likely N-dealkylation sites (N-methyl/N-ethyl adjacent to an activating group) is 1. The van der Waals surface area contributed by atoms with E-state index >= 15 is 0 Å². The highest BCUT2D eigenvalue weighted by molar-refractivity contribution is 7.22. The molecule has 0 bridgehead atoms. The van der Waals surface area contributed by atoms with Crippen molar-refractivity contribution in [2.45, 2.75) is 26.3 Å². The van der Waals surface area contributed by atoms with Crippen molar-refractivity contribution in [3.63, 3.8) is 0 Å². The second-order valence-electron chi connectivity index (χ2n) is 9.34. The fraction of sp³-hybridized carbons (Fsp3) is 0.400. The quantitative estimate of drug-likeness (QED) is 0.456. The molecule has 8 nitrogen and oxygen atoms in total. The summed E-state index contributed by atoms with van der Waals surface area (Å²) in [4.78, 5) is 16.3.